The van der Waals surface area contributed by atoms with E-state index in [2.05, 4.69) is 36.1 Å². The lowest BCUT2D eigenvalue weighted by molar-refractivity contribution is 0.0332. The predicted molar refractivity (Wildman–Crippen MR) is 104 cm³/mol. The number of carbonyl (C=O) groups is 1. The highest BCUT2D eigenvalue weighted by atomic mass is 79.9. The van der Waals surface area contributed by atoms with Gasteiger partial charge in [-0.2, -0.15) is 0 Å². The summed E-state index contributed by atoms with van der Waals surface area (Å²) in [6, 6.07) is 9.48. The zero-order valence-electron chi connectivity index (χ0n) is 14.5. The Morgan fingerprint density at radius 3 is 2.89 bits per heavy atom. The van der Waals surface area contributed by atoms with E-state index in [1.54, 1.807) is 6.07 Å². The number of halogens is 2. The monoisotopic (exact) mass is 432 g/mol. The van der Waals surface area contributed by atoms with Crippen LogP contribution in [0.2, 0.25) is 0 Å². The smallest absolute Gasteiger partial charge is 0.256 e. The number of fused-ring (bicyclic) bond motifs is 1. The average Bonchev–Trinajstić information content (AvgIpc) is 3.06. The molecule has 0 aliphatic carbocycles. The Labute approximate surface area is 163 Å². The van der Waals surface area contributed by atoms with Crippen molar-refractivity contribution in [1.29, 1.82) is 0 Å². The number of nitrogens with zero attached hydrogens (tertiary/aromatic N) is 2. The molecule has 2 heterocycles. The lowest BCUT2D eigenvalue weighted by atomic mass is 10.2. The summed E-state index contributed by atoms with van der Waals surface area (Å²) in [6.45, 7) is 4.00. The third kappa shape index (κ3) is 4.18. The summed E-state index contributed by atoms with van der Waals surface area (Å²) in [5, 5.41) is 2.80. The molecular formula is C19H18BrFN4O2. The molecule has 4 rings (SSSR count). The molecule has 1 fully saturated rings. The molecule has 1 aliphatic heterocycles. The second-order valence-electron chi connectivity index (χ2n) is 6.38. The van der Waals surface area contributed by atoms with Crippen molar-refractivity contribution < 1.29 is 13.9 Å². The van der Waals surface area contributed by atoms with Crippen LogP contribution < -0.4 is 5.32 Å². The molecule has 0 radical (unpaired) electrons. The van der Waals surface area contributed by atoms with Gasteiger partial charge in [0.1, 0.15) is 11.6 Å². The zero-order valence-corrected chi connectivity index (χ0v) is 16.1. The van der Waals surface area contributed by atoms with Gasteiger partial charge in [-0.25, -0.2) is 9.37 Å². The van der Waals surface area contributed by atoms with Crippen LogP contribution in [0.1, 0.15) is 16.2 Å². The van der Waals surface area contributed by atoms with Gasteiger partial charge in [0, 0.05) is 23.2 Å². The van der Waals surface area contributed by atoms with Crippen molar-refractivity contribution in [2.45, 2.75) is 6.54 Å². The number of aromatic amines is 1. The van der Waals surface area contributed by atoms with Gasteiger partial charge in [-0.3, -0.25) is 9.69 Å². The topological polar surface area (TPSA) is 70.2 Å². The van der Waals surface area contributed by atoms with E-state index in [4.69, 9.17) is 4.74 Å². The number of rotatable bonds is 4. The second-order valence-corrected chi connectivity index (χ2v) is 7.24. The summed E-state index contributed by atoms with van der Waals surface area (Å²) in [5.74, 6) is 0.0390. The minimum absolute atomic E-state index is 0.243. The van der Waals surface area contributed by atoms with Crippen LogP contribution in [0.15, 0.2) is 40.9 Å². The molecule has 1 aliphatic rings. The summed E-state index contributed by atoms with van der Waals surface area (Å²) < 4.78 is 19.3. The molecular weight excluding hydrogens is 415 g/mol. The number of hydrogen-bond acceptors (Lipinski definition) is 4. The number of hydrogen-bond donors (Lipinski definition) is 2. The average molecular weight is 433 g/mol. The van der Waals surface area contributed by atoms with Crippen LogP contribution in [0.3, 0.4) is 0 Å². The van der Waals surface area contributed by atoms with E-state index in [0.717, 1.165) is 49.7 Å². The number of H-pyrrole nitrogens is 1. The normalized spacial score (nSPS) is 15.2. The summed E-state index contributed by atoms with van der Waals surface area (Å²) in [7, 11) is 0. The quantitative estimate of drug-likeness (QED) is 0.661. The molecule has 27 heavy (non-hydrogen) atoms. The maximum Gasteiger partial charge on any atom is 0.256 e. The van der Waals surface area contributed by atoms with Crippen LogP contribution in [0, 0.1) is 5.82 Å². The molecule has 6 nitrogen and oxygen atoms in total. The fourth-order valence-corrected chi connectivity index (χ4v) is 3.48. The first kappa shape index (κ1) is 18.1. The van der Waals surface area contributed by atoms with Crippen LogP contribution in [0.4, 0.5) is 10.1 Å². The summed E-state index contributed by atoms with van der Waals surface area (Å²) in [6.07, 6.45) is 0. The number of anilines is 1. The highest BCUT2D eigenvalue weighted by molar-refractivity contribution is 9.10. The molecule has 2 N–H and O–H groups in total. The van der Waals surface area contributed by atoms with E-state index >= 15 is 0 Å². The first-order chi connectivity index (χ1) is 13.1. The molecule has 3 aromatic rings. The molecule has 0 atom stereocenters. The van der Waals surface area contributed by atoms with E-state index in [9.17, 15) is 9.18 Å². The van der Waals surface area contributed by atoms with Crippen molar-refractivity contribution in [2.75, 3.05) is 31.6 Å². The summed E-state index contributed by atoms with van der Waals surface area (Å²) in [4.78, 5) is 22.6. The van der Waals surface area contributed by atoms with Crippen molar-refractivity contribution in [3.63, 3.8) is 0 Å². The molecule has 2 aromatic carbocycles. The molecule has 0 unspecified atom stereocenters. The second kappa shape index (κ2) is 7.75. The van der Waals surface area contributed by atoms with Crippen LogP contribution >= 0.6 is 15.9 Å². The van der Waals surface area contributed by atoms with E-state index in [-0.39, 0.29) is 11.5 Å². The van der Waals surface area contributed by atoms with E-state index in [0.29, 0.717) is 10.2 Å². The van der Waals surface area contributed by atoms with Crippen molar-refractivity contribution in [2.24, 2.45) is 0 Å². The Kier molecular flexibility index (Phi) is 5.20. The molecule has 8 heteroatoms. The number of morpholine rings is 1. The van der Waals surface area contributed by atoms with Gasteiger partial charge in [0.05, 0.1) is 36.4 Å². The molecule has 1 aromatic heterocycles. The maximum absolute atomic E-state index is 13.4. The molecule has 0 saturated carbocycles. The van der Waals surface area contributed by atoms with Gasteiger partial charge >= 0.3 is 0 Å². The Balaban J connectivity index is 1.51. The fourth-order valence-electron chi connectivity index (χ4n) is 3.06. The number of nitrogens with one attached hydrogen (secondary N) is 2. The number of benzene rings is 2. The third-order valence-corrected chi connectivity index (χ3v) is 5.13. The lowest BCUT2D eigenvalue weighted by Crippen LogP contribution is -2.35. The van der Waals surface area contributed by atoms with Crippen molar-refractivity contribution in [1.82, 2.24) is 14.9 Å². The van der Waals surface area contributed by atoms with Crippen molar-refractivity contribution >= 4 is 38.6 Å². The van der Waals surface area contributed by atoms with E-state index < -0.39 is 5.82 Å². The number of carbonyl (C=O) groups excluding carboxylic acids is 1. The van der Waals surface area contributed by atoms with Crippen molar-refractivity contribution in [3.05, 3.63) is 58.1 Å². The van der Waals surface area contributed by atoms with Crippen LogP contribution in [0.25, 0.3) is 11.0 Å². The van der Waals surface area contributed by atoms with Gasteiger partial charge in [0.15, 0.2) is 0 Å². The number of imidazole rings is 1. The minimum atomic E-state index is -0.458. The molecule has 1 saturated heterocycles. The summed E-state index contributed by atoms with van der Waals surface area (Å²) in [5.41, 5.74) is 2.54. The largest absolute Gasteiger partial charge is 0.379 e. The van der Waals surface area contributed by atoms with Crippen LogP contribution in [-0.4, -0.2) is 47.1 Å². The highest BCUT2D eigenvalue weighted by Crippen LogP contribution is 2.22. The van der Waals surface area contributed by atoms with Crippen LogP contribution in [0.5, 0.6) is 0 Å². The molecule has 0 bridgehead atoms. The number of ether oxygens (including phenoxy) is 1. The van der Waals surface area contributed by atoms with Gasteiger partial charge in [-0.05, 0) is 52.3 Å². The maximum atomic E-state index is 13.4. The third-order valence-electron chi connectivity index (χ3n) is 4.44. The SMILES string of the molecule is O=C(Nc1ccc2nc(CN3CCOCC3)[nH]c2c1)c1cc(F)ccc1Br. The van der Waals surface area contributed by atoms with E-state index in [1.807, 2.05) is 12.1 Å². The Bertz CT molecular complexity index is 985. The van der Waals surface area contributed by atoms with Crippen molar-refractivity contribution in [3.8, 4) is 0 Å². The Morgan fingerprint density at radius 2 is 2.07 bits per heavy atom. The zero-order chi connectivity index (χ0) is 18.8. The Morgan fingerprint density at radius 1 is 1.26 bits per heavy atom. The highest BCUT2D eigenvalue weighted by Gasteiger charge is 2.14. The minimum Gasteiger partial charge on any atom is -0.379 e. The number of amides is 1. The van der Waals surface area contributed by atoms with Crippen LogP contribution in [-0.2, 0) is 11.3 Å². The molecule has 0 spiro atoms. The summed E-state index contributed by atoms with van der Waals surface area (Å²) >= 11 is 3.28. The van der Waals surface area contributed by atoms with Gasteiger partial charge in [0.25, 0.3) is 5.91 Å². The standard InChI is InChI=1S/C19H18BrFN4O2/c20-15-3-1-12(21)9-14(15)19(26)22-13-2-4-16-17(10-13)24-18(23-16)11-25-5-7-27-8-6-25/h1-4,9-10H,5-8,11H2,(H,22,26)(H,23,24). The fraction of sp³-hybridized carbons (Fsp3) is 0.263. The van der Waals surface area contributed by atoms with Gasteiger partial charge < -0.3 is 15.0 Å². The van der Waals surface area contributed by atoms with Gasteiger partial charge in [-0.1, -0.05) is 0 Å². The molecule has 1 amide bonds. The number of aromatic nitrogens is 2. The molecule has 140 valence electrons. The first-order valence-corrected chi connectivity index (χ1v) is 9.43. The van der Waals surface area contributed by atoms with Gasteiger partial charge in [-0.15, -0.1) is 0 Å². The Hall–Kier alpha value is -2.29. The van der Waals surface area contributed by atoms with Gasteiger partial charge in [0.2, 0.25) is 0 Å². The lowest BCUT2D eigenvalue weighted by Gasteiger charge is -2.25. The predicted octanol–water partition coefficient (Wildman–Crippen LogP) is 3.55. The first-order valence-electron chi connectivity index (χ1n) is 8.63. The van der Waals surface area contributed by atoms with E-state index in [1.165, 1.54) is 18.2 Å².